The predicted molar refractivity (Wildman–Crippen MR) is 107 cm³/mol. The van der Waals surface area contributed by atoms with Gasteiger partial charge < -0.3 is 19.3 Å². The van der Waals surface area contributed by atoms with Crippen LogP contribution in [0.25, 0.3) is 0 Å². The van der Waals surface area contributed by atoms with Crippen molar-refractivity contribution in [2.45, 2.75) is 45.8 Å². The van der Waals surface area contributed by atoms with Gasteiger partial charge in [0.15, 0.2) is 12.2 Å². The molecule has 0 amide bonds. The van der Waals surface area contributed by atoms with E-state index >= 15 is 0 Å². The number of para-hydroxylation sites is 2. The minimum absolute atomic E-state index is 0.308. The van der Waals surface area contributed by atoms with Gasteiger partial charge in [-0.2, -0.15) is 0 Å². The topological polar surface area (TPSA) is 82.1 Å². The van der Waals surface area contributed by atoms with Crippen molar-refractivity contribution in [2.75, 3.05) is 6.61 Å². The number of rotatable bonds is 9. The molecule has 0 saturated heterocycles. The Bertz CT molecular complexity index is 687. The Morgan fingerprint density at radius 1 is 0.857 bits per heavy atom. The summed E-state index contributed by atoms with van der Waals surface area (Å²) in [6, 6.07) is 18.1. The average Bonchev–Trinajstić information content (AvgIpc) is 2.70. The molecule has 0 saturated carbocycles. The van der Waals surface area contributed by atoms with Gasteiger partial charge in [0.25, 0.3) is 0 Å². The fourth-order valence-electron chi connectivity index (χ4n) is 1.94. The van der Waals surface area contributed by atoms with E-state index in [9.17, 15) is 9.59 Å². The summed E-state index contributed by atoms with van der Waals surface area (Å²) >= 11 is 0. The van der Waals surface area contributed by atoms with Crippen LogP contribution in [-0.4, -0.2) is 35.9 Å². The van der Waals surface area contributed by atoms with Crippen molar-refractivity contribution in [2.24, 2.45) is 0 Å². The molecule has 2 aromatic rings. The first-order valence-corrected chi connectivity index (χ1v) is 9.26. The van der Waals surface area contributed by atoms with E-state index in [1.54, 1.807) is 31.2 Å². The first-order valence-electron chi connectivity index (χ1n) is 9.26. The van der Waals surface area contributed by atoms with Gasteiger partial charge in [-0.1, -0.05) is 49.7 Å². The van der Waals surface area contributed by atoms with Crippen LogP contribution in [0.2, 0.25) is 0 Å². The lowest BCUT2D eigenvalue weighted by Gasteiger charge is -2.13. The van der Waals surface area contributed by atoms with E-state index in [1.807, 2.05) is 36.4 Å². The number of hydrogen-bond donors (Lipinski definition) is 1. The summed E-state index contributed by atoms with van der Waals surface area (Å²) in [5, 5.41) is 8.52. The Hall–Kier alpha value is -3.02. The largest absolute Gasteiger partial charge is 0.479 e. The monoisotopic (exact) mass is 388 g/mol. The van der Waals surface area contributed by atoms with E-state index in [0.717, 1.165) is 12.8 Å². The molecule has 0 bridgehead atoms. The summed E-state index contributed by atoms with van der Waals surface area (Å²) in [5.74, 6) is -0.00834. The van der Waals surface area contributed by atoms with E-state index in [0.29, 0.717) is 18.1 Å². The third kappa shape index (κ3) is 9.62. The molecular formula is C22H28O6. The van der Waals surface area contributed by atoms with Gasteiger partial charge in [0.2, 0.25) is 0 Å². The van der Waals surface area contributed by atoms with Crippen LogP contribution in [0.4, 0.5) is 0 Å². The van der Waals surface area contributed by atoms with Gasteiger partial charge in [-0.15, -0.1) is 0 Å². The molecule has 0 aliphatic heterocycles. The smallest absolute Gasteiger partial charge is 0.347 e. The molecule has 0 spiro atoms. The second-order valence-corrected chi connectivity index (χ2v) is 6.01. The van der Waals surface area contributed by atoms with Gasteiger partial charge in [0, 0.05) is 0 Å². The molecule has 28 heavy (non-hydrogen) atoms. The number of unbranched alkanes of at least 4 members (excludes halogenated alkanes) is 1. The summed E-state index contributed by atoms with van der Waals surface area (Å²) in [5.41, 5.74) is 0. The van der Waals surface area contributed by atoms with Gasteiger partial charge in [-0.05, 0) is 44.5 Å². The normalized spacial score (nSPS) is 12.0. The maximum atomic E-state index is 11.5. The molecule has 0 aromatic heterocycles. The highest BCUT2D eigenvalue weighted by Gasteiger charge is 2.15. The van der Waals surface area contributed by atoms with Gasteiger partial charge in [-0.3, -0.25) is 0 Å². The van der Waals surface area contributed by atoms with Crippen LogP contribution in [0, 0.1) is 0 Å². The molecule has 6 heteroatoms. The zero-order valence-corrected chi connectivity index (χ0v) is 16.5. The molecule has 1 N–H and O–H groups in total. The standard InChI is InChI=1S/C13H18O3.C9H10O3/c1-3-4-10-15-13(14)11(2)16-12-8-6-5-7-9-12;1-7(9(10)11)12-8-5-3-2-4-6-8/h5-9,11H,3-4,10H2,1-2H3;2-7H,1H3,(H,10,11). The van der Waals surface area contributed by atoms with Crippen molar-refractivity contribution < 1.29 is 28.9 Å². The number of benzene rings is 2. The highest BCUT2D eigenvalue weighted by molar-refractivity contribution is 5.74. The molecule has 0 aliphatic carbocycles. The molecule has 0 heterocycles. The van der Waals surface area contributed by atoms with Crippen LogP contribution in [0.3, 0.4) is 0 Å². The van der Waals surface area contributed by atoms with Crippen LogP contribution in [0.15, 0.2) is 60.7 Å². The third-order valence-electron chi connectivity index (χ3n) is 3.53. The maximum absolute atomic E-state index is 11.5. The fraction of sp³-hybridized carbons (Fsp3) is 0.364. The zero-order valence-electron chi connectivity index (χ0n) is 16.5. The molecule has 6 nitrogen and oxygen atoms in total. The Morgan fingerprint density at radius 2 is 1.32 bits per heavy atom. The highest BCUT2D eigenvalue weighted by Crippen LogP contribution is 2.11. The van der Waals surface area contributed by atoms with Crippen LogP contribution >= 0.6 is 0 Å². The Balaban J connectivity index is 0.000000292. The summed E-state index contributed by atoms with van der Waals surface area (Å²) in [6.07, 6.45) is 0.553. The second-order valence-electron chi connectivity index (χ2n) is 6.01. The summed E-state index contributed by atoms with van der Waals surface area (Å²) in [4.78, 5) is 21.9. The molecule has 0 fully saturated rings. The van der Waals surface area contributed by atoms with Crippen molar-refractivity contribution in [3.05, 3.63) is 60.7 Å². The molecule has 2 rings (SSSR count). The number of carbonyl (C=O) groups is 2. The second kappa shape index (κ2) is 13.2. The minimum atomic E-state index is -0.959. The Labute approximate surface area is 166 Å². The van der Waals surface area contributed by atoms with Crippen molar-refractivity contribution in [1.29, 1.82) is 0 Å². The van der Waals surface area contributed by atoms with E-state index in [2.05, 4.69) is 6.92 Å². The van der Waals surface area contributed by atoms with Gasteiger partial charge in [0.05, 0.1) is 6.61 Å². The Kier molecular flexibility index (Phi) is 10.8. The number of carbonyl (C=O) groups excluding carboxylic acids is 1. The average molecular weight is 388 g/mol. The SMILES string of the molecule is CC(Oc1ccccc1)C(=O)O.CCCCOC(=O)C(C)Oc1ccccc1. The van der Waals surface area contributed by atoms with Crippen molar-refractivity contribution >= 4 is 11.9 Å². The summed E-state index contributed by atoms with van der Waals surface area (Å²) in [7, 11) is 0. The van der Waals surface area contributed by atoms with Crippen molar-refractivity contribution in [3.8, 4) is 11.5 Å². The first-order chi connectivity index (χ1) is 13.4. The third-order valence-corrected chi connectivity index (χ3v) is 3.53. The molecule has 0 radical (unpaired) electrons. The first kappa shape index (κ1) is 23.0. The molecule has 2 aromatic carbocycles. The van der Waals surface area contributed by atoms with Crippen molar-refractivity contribution in [3.63, 3.8) is 0 Å². The zero-order chi connectivity index (χ0) is 20.8. The highest BCUT2D eigenvalue weighted by atomic mass is 16.6. The summed E-state index contributed by atoms with van der Waals surface area (Å²) in [6.45, 7) is 5.71. The maximum Gasteiger partial charge on any atom is 0.347 e. The number of carboxylic acid groups (broad SMARTS) is 1. The van der Waals surface area contributed by atoms with Crippen LogP contribution < -0.4 is 9.47 Å². The number of esters is 1. The lowest BCUT2D eigenvalue weighted by molar-refractivity contribution is -0.151. The lowest BCUT2D eigenvalue weighted by atomic mass is 10.3. The minimum Gasteiger partial charge on any atom is -0.479 e. The number of carboxylic acids is 1. The molecule has 2 atom stereocenters. The molecular weight excluding hydrogens is 360 g/mol. The number of hydrogen-bond acceptors (Lipinski definition) is 5. The fourth-order valence-corrected chi connectivity index (χ4v) is 1.94. The van der Waals surface area contributed by atoms with Crippen molar-refractivity contribution in [1.82, 2.24) is 0 Å². The molecule has 152 valence electrons. The van der Waals surface area contributed by atoms with Crippen LogP contribution in [0.5, 0.6) is 11.5 Å². The quantitative estimate of drug-likeness (QED) is 0.508. The summed E-state index contributed by atoms with van der Waals surface area (Å²) < 4.78 is 15.6. The van der Waals surface area contributed by atoms with E-state index in [-0.39, 0.29) is 5.97 Å². The van der Waals surface area contributed by atoms with E-state index in [4.69, 9.17) is 19.3 Å². The lowest BCUT2D eigenvalue weighted by Crippen LogP contribution is -2.26. The Morgan fingerprint density at radius 3 is 1.75 bits per heavy atom. The predicted octanol–water partition coefficient (Wildman–Crippen LogP) is 4.34. The van der Waals surface area contributed by atoms with Gasteiger partial charge in [0.1, 0.15) is 11.5 Å². The number of aliphatic carboxylic acids is 1. The number of ether oxygens (including phenoxy) is 3. The van der Waals surface area contributed by atoms with Crippen LogP contribution in [-0.2, 0) is 14.3 Å². The molecule has 0 aliphatic rings. The van der Waals surface area contributed by atoms with Crippen LogP contribution in [0.1, 0.15) is 33.6 Å². The van der Waals surface area contributed by atoms with E-state index < -0.39 is 18.2 Å². The van der Waals surface area contributed by atoms with Gasteiger partial charge in [-0.25, -0.2) is 9.59 Å². The van der Waals surface area contributed by atoms with E-state index in [1.165, 1.54) is 6.92 Å². The molecule has 2 unspecified atom stereocenters. The van der Waals surface area contributed by atoms with Gasteiger partial charge >= 0.3 is 11.9 Å².